The monoisotopic (exact) mass is 333 g/mol. The summed E-state index contributed by atoms with van der Waals surface area (Å²) in [5.74, 6) is -0.487. The Kier molecular flexibility index (Phi) is 6.37. The average molecular weight is 333 g/mol. The number of hydrogen-bond donors (Lipinski definition) is 2. The topological polar surface area (TPSA) is 75.6 Å². The number of aliphatic carboxylic acids is 1. The smallest absolute Gasteiger partial charge is 0.305 e. The normalized spacial score (nSPS) is 16.8. The summed E-state index contributed by atoms with van der Waals surface area (Å²) in [6.07, 6.45) is 2.07. The number of nitrogens with one attached hydrogen (secondary N) is 1. The number of carbonyl (C=O) groups is 2. The molecule has 0 aliphatic carbocycles. The van der Waals surface area contributed by atoms with Crippen LogP contribution in [0.15, 0.2) is 24.3 Å². The summed E-state index contributed by atoms with van der Waals surface area (Å²) in [5, 5.41) is 12.1. The molecule has 5 nitrogen and oxygen atoms in total. The third kappa shape index (κ3) is 5.34. The maximum Gasteiger partial charge on any atom is 0.305 e. The van der Waals surface area contributed by atoms with Gasteiger partial charge in [-0.3, -0.25) is 9.59 Å². The van der Waals surface area contributed by atoms with E-state index in [-0.39, 0.29) is 12.3 Å². The zero-order valence-corrected chi connectivity index (χ0v) is 14.5. The average Bonchev–Trinajstić information content (AvgIpc) is 2.53. The van der Waals surface area contributed by atoms with Crippen molar-refractivity contribution in [3.8, 4) is 0 Å². The summed E-state index contributed by atoms with van der Waals surface area (Å²) in [4.78, 5) is 23.4. The highest BCUT2D eigenvalue weighted by Gasteiger charge is 2.36. The molecule has 1 aromatic rings. The van der Waals surface area contributed by atoms with Gasteiger partial charge in [0.2, 0.25) is 5.91 Å². The van der Waals surface area contributed by atoms with Crippen LogP contribution in [0.1, 0.15) is 56.6 Å². The maximum absolute atomic E-state index is 12.3. The van der Waals surface area contributed by atoms with Crippen molar-refractivity contribution in [2.45, 2.75) is 57.4 Å². The lowest BCUT2D eigenvalue weighted by atomic mass is 9.86. The van der Waals surface area contributed by atoms with E-state index < -0.39 is 11.5 Å². The van der Waals surface area contributed by atoms with Gasteiger partial charge in [0, 0.05) is 19.6 Å². The fourth-order valence-corrected chi connectivity index (χ4v) is 3.08. The van der Waals surface area contributed by atoms with Crippen molar-refractivity contribution in [3.63, 3.8) is 0 Å². The number of carbonyl (C=O) groups excluding carboxylic acids is 1. The van der Waals surface area contributed by atoms with Crippen LogP contribution in [0.2, 0.25) is 0 Å². The Morgan fingerprint density at radius 3 is 2.38 bits per heavy atom. The van der Waals surface area contributed by atoms with E-state index >= 15 is 0 Å². The molecule has 1 fully saturated rings. The first-order chi connectivity index (χ1) is 11.4. The molecule has 5 heteroatoms. The summed E-state index contributed by atoms with van der Waals surface area (Å²) in [6, 6.07) is 8.32. The first-order valence-corrected chi connectivity index (χ1v) is 8.60. The van der Waals surface area contributed by atoms with Gasteiger partial charge in [-0.15, -0.1) is 0 Å². The van der Waals surface area contributed by atoms with Crippen LogP contribution in [0.3, 0.4) is 0 Å². The largest absolute Gasteiger partial charge is 0.481 e. The van der Waals surface area contributed by atoms with Crippen LogP contribution < -0.4 is 5.32 Å². The highest BCUT2D eigenvalue weighted by molar-refractivity contribution is 5.78. The van der Waals surface area contributed by atoms with Gasteiger partial charge in [-0.05, 0) is 36.3 Å². The van der Waals surface area contributed by atoms with Gasteiger partial charge in [-0.2, -0.15) is 0 Å². The molecule has 0 aromatic heterocycles. The number of hydrogen-bond acceptors (Lipinski definition) is 3. The summed E-state index contributed by atoms with van der Waals surface area (Å²) in [5.41, 5.74) is 1.74. The molecular weight excluding hydrogens is 306 g/mol. The highest BCUT2D eigenvalue weighted by atomic mass is 16.5. The van der Waals surface area contributed by atoms with Crippen molar-refractivity contribution < 1.29 is 19.4 Å². The van der Waals surface area contributed by atoms with E-state index in [1.807, 2.05) is 0 Å². The van der Waals surface area contributed by atoms with Gasteiger partial charge in [0.05, 0.1) is 12.0 Å². The quantitative estimate of drug-likeness (QED) is 0.804. The molecule has 132 valence electrons. The molecule has 1 aliphatic heterocycles. The summed E-state index contributed by atoms with van der Waals surface area (Å²) in [6.45, 7) is 5.28. The molecule has 0 bridgehead atoms. The third-order valence-corrected chi connectivity index (χ3v) is 4.63. The molecule has 0 radical (unpaired) electrons. The van der Waals surface area contributed by atoms with Crippen molar-refractivity contribution in [1.29, 1.82) is 0 Å². The number of amides is 1. The Morgan fingerprint density at radius 1 is 1.21 bits per heavy atom. The molecule has 0 unspecified atom stereocenters. The van der Waals surface area contributed by atoms with Crippen molar-refractivity contribution in [2.24, 2.45) is 0 Å². The fraction of sp³-hybridized carbons (Fsp3) is 0.579. The standard InChI is InChI=1S/C19H27NO4/c1-14(2)16-6-3-15(4-7-16)5-8-17(21)20-19(13-18(22)23)9-11-24-12-10-19/h3-4,6-7,14H,5,8-13H2,1-2H3,(H,20,21)(H,22,23). The second kappa shape index (κ2) is 8.29. The van der Waals surface area contributed by atoms with E-state index in [0.717, 1.165) is 5.56 Å². The van der Waals surface area contributed by atoms with Crippen LogP contribution in [0.25, 0.3) is 0 Å². The second-order valence-electron chi connectivity index (χ2n) is 6.91. The number of benzene rings is 1. The van der Waals surface area contributed by atoms with Crippen LogP contribution in [-0.2, 0) is 20.7 Å². The van der Waals surface area contributed by atoms with Crippen LogP contribution in [0.5, 0.6) is 0 Å². The van der Waals surface area contributed by atoms with Crippen LogP contribution >= 0.6 is 0 Å². The Bertz CT molecular complexity index is 559. The number of carboxylic acid groups (broad SMARTS) is 1. The van der Waals surface area contributed by atoms with E-state index in [1.165, 1.54) is 5.56 Å². The fourth-order valence-electron chi connectivity index (χ4n) is 3.08. The van der Waals surface area contributed by atoms with Gasteiger partial charge in [0.15, 0.2) is 0 Å². The summed E-state index contributed by atoms with van der Waals surface area (Å²) < 4.78 is 5.30. The van der Waals surface area contributed by atoms with E-state index in [9.17, 15) is 9.59 Å². The van der Waals surface area contributed by atoms with Gasteiger partial charge >= 0.3 is 5.97 Å². The molecule has 1 aliphatic rings. The Balaban J connectivity index is 1.89. The molecule has 1 amide bonds. The predicted octanol–water partition coefficient (Wildman–Crippen LogP) is 2.88. The maximum atomic E-state index is 12.3. The zero-order chi connectivity index (χ0) is 17.6. The van der Waals surface area contributed by atoms with E-state index in [1.54, 1.807) is 0 Å². The molecule has 0 saturated carbocycles. The second-order valence-corrected chi connectivity index (χ2v) is 6.91. The first-order valence-electron chi connectivity index (χ1n) is 8.60. The lowest BCUT2D eigenvalue weighted by Crippen LogP contribution is -2.53. The van der Waals surface area contributed by atoms with Crippen LogP contribution in [0, 0.1) is 0 Å². The molecule has 0 spiro atoms. The Hall–Kier alpha value is -1.88. The molecule has 1 heterocycles. The summed E-state index contributed by atoms with van der Waals surface area (Å²) >= 11 is 0. The zero-order valence-electron chi connectivity index (χ0n) is 14.5. The van der Waals surface area contributed by atoms with Gasteiger partial charge in [-0.1, -0.05) is 38.1 Å². The Labute approximate surface area is 143 Å². The van der Waals surface area contributed by atoms with Crippen molar-refractivity contribution >= 4 is 11.9 Å². The van der Waals surface area contributed by atoms with Gasteiger partial charge in [0.1, 0.15) is 0 Å². The van der Waals surface area contributed by atoms with Crippen molar-refractivity contribution in [2.75, 3.05) is 13.2 Å². The SMILES string of the molecule is CC(C)c1ccc(CCC(=O)NC2(CC(=O)O)CCOCC2)cc1. The minimum atomic E-state index is -0.888. The minimum absolute atomic E-state index is 0.0504. The lowest BCUT2D eigenvalue weighted by Gasteiger charge is -2.36. The van der Waals surface area contributed by atoms with Crippen LogP contribution in [-0.4, -0.2) is 35.7 Å². The molecule has 24 heavy (non-hydrogen) atoms. The van der Waals surface area contributed by atoms with Crippen LogP contribution in [0.4, 0.5) is 0 Å². The van der Waals surface area contributed by atoms with Gasteiger partial charge < -0.3 is 15.2 Å². The molecule has 0 atom stereocenters. The molecule has 1 aromatic carbocycles. The third-order valence-electron chi connectivity index (χ3n) is 4.63. The molecule has 2 N–H and O–H groups in total. The Morgan fingerprint density at radius 2 is 1.83 bits per heavy atom. The molecular formula is C19H27NO4. The van der Waals surface area contributed by atoms with E-state index in [4.69, 9.17) is 9.84 Å². The number of rotatable bonds is 7. The lowest BCUT2D eigenvalue weighted by molar-refractivity contribution is -0.140. The van der Waals surface area contributed by atoms with E-state index in [2.05, 4.69) is 43.4 Å². The number of carboxylic acids is 1. The van der Waals surface area contributed by atoms with Gasteiger partial charge in [0.25, 0.3) is 0 Å². The summed E-state index contributed by atoms with van der Waals surface area (Å²) in [7, 11) is 0. The van der Waals surface area contributed by atoms with Crippen molar-refractivity contribution in [3.05, 3.63) is 35.4 Å². The molecule has 1 saturated heterocycles. The van der Waals surface area contributed by atoms with E-state index in [0.29, 0.717) is 44.8 Å². The minimum Gasteiger partial charge on any atom is -0.481 e. The number of aryl methyl sites for hydroxylation is 1. The van der Waals surface area contributed by atoms with Crippen molar-refractivity contribution in [1.82, 2.24) is 5.32 Å². The first kappa shape index (κ1) is 18.5. The molecule has 2 rings (SSSR count). The van der Waals surface area contributed by atoms with Gasteiger partial charge in [-0.25, -0.2) is 0 Å². The number of ether oxygens (including phenoxy) is 1. The highest BCUT2D eigenvalue weighted by Crippen LogP contribution is 2.25. The predicted molar refractivity (Wildman–Crippen MR) is 92.0 cm³/mol.